The summed E-state index contributed by atoms with van der Waals surface area (Å²) in [4.78, 5) is 11.1. The van der Waals surface area contributed by atoms with E-state index >= 15 is 0 Å². The fraction of sp³-hybridized carbons (Fsp3) is 0.963. The largest absolute Gasteiger partial charge is 0.474 e. The van der Waals surface area contributed by atoms with Crippen LogP contribution in [0.1, 0.15) is 136 Å². The second-order valence-corrected chi connectivity index (χ2v) is 12.5. The maximum absolute atomic E-state index is 13.1. The summed E-state index contributed by atoms with van der Waals surface area (Å²) in [5.41, 5.74) is -2.77. The van der Waals surface area contributed by atoms with Crippen LogP contribution < -0.4 is 0 Å². The normalized spacial score (nSPS) is 16.0. The van der Waals surface area contributed by atoms with Gasteiger partial charge in [-0.25, -0.2) is 4.79 Å². The molecule has 5 unspecified atom stereocenters. The van der Waals surface area contributed by atoms with E-state index < -0.39 is 37.0 Å². The van der Waals surface area contributed by atoms with Crippen molar-refractivity contribution in [3.05, 3.63) is 0 Å². The molecule has 0 aliphatic carbocycles. The Hall–Kier alpha value is -0.400. The molecule has 0 aromatic heterocycles. The van der Waals surface area contributed by atoms with Crippen LogP contribution in [0.15, 0.2) is 0 Å². The first-order valence-electron chi connectivity index (χ1n) is 14.4. The quantitative estimate of drug-likeness (QED) is 0.0624. The summed E-state index contributed by atoms with van der Waals surface area (Å²) in [6.45, 7) is 6.42. The van der Waals surface area contributed by atoms with Gasteiger partial charge in [-0.3, -0.25) is 8.95 Å². The molecule has 0 radical (unpaired) electrons. The molecule has 0 saturated heterocycles. The van der Waals surface area contributed by atoms with Crippen molar-refractivity contribution in [2.75, 3.05) is 12.4 Å². The molecular weight excluding hydrogens is 499 g/mol. The molecule has 2 N–H and O–H groups in total. The SMILES string of the molecule is CCCCCCCCCCCS(=O)C(CCCCCCCC)CCOC(CC)OC(O)([PH+]=O)C(=O)O. The van der Waals surface area contributed by atoms with Crippen molar-refractivity contribution in [3.63, 3.8) is 0 Å². The molecule has 0 spiro atoms. The van der Waals surface area contributed by atoms with Crippen LogP contribution in [0.25, 0.3) is 0 Å². The van der Waals surface area contributed by atoms with Crippen molar-refractivity contribution in [2.24, 2.45) is 0 Å². The smallest absolute Gasteiger partial charge is 0.472 e. The van der Waals surface area contributed by atoms with Gasteiger partial charge in [0.2, 0.25) is 0 Å². The first kappa shape index (κ1) is 35.6. The van der Waals surface area contributed by atoms with Crippen LogP contribution in [0.2, 0.25) is 0 Å². The van der Waals surface area contributed by atoms with Gasteiger partial charge >= 0.3 is 20.0 Å². The van der Waals surface area contributed by atoms with E-state index in [9.17, 15) is 18.7 Å². The molecule has 214 valence electrons. The van der Waals surface area contributed by atoms with Crippen LogP contribution in [-0.4, -0.2) is 49.8 Å². The van der Waals surface area contributed by atoms with Crippen LogP contribution in [0, 0.1) is 0 Å². The number of carboxylic acids is 1. The maximum Gasteiger partial charge on any atom is 0.472 e. The predicted molar refractivity (Wildman–Crippen MR) is 149 cm³/mol. The third kappa shape index (κ3) is 18.0. The predicted octanol–water partition coefficient (Wildman–Crippen LogP) is 7.30. The molecule has 36 heavy (non-hydrogen) atoms. The van der Waals surface area contributed by atoms with Crippen LogP contribution in [0.4, 0.5) is 0 Å². The lowest BCUT2D eigenvalue weighted by Gasteiger charge is -2.22. The Morgan fingerprint density at radius 3 is 1.81 bits per heavy atom. The third-order valence-corrected chi connectivity index (χ3v) is 9.02. The van der Waals surface area contributed by atoms with Crippen LogP contribution >= 0.6 is 8.46 Å². The molecule has 7 nitrogen and oxygen atoms in total. The number of aliphatic hydroxyl groups is 1. The Bertz CT molecular complexity index is 578. The Morgan fingerprint density at radius 1 is 0.833 bits per heavy atom. The highest BCUT2D eigenvalue weighted by Crippen LogP contribution is 2.25. The molecule has 0 bridgehead atoms. The van der Waals surface area contributed by atoms with Gasteiger partial charge in [0, 0.05) is 21.8 Å². The summed E-state index contributed by atoms with van der Waals surface area (Å²) >= 11 is 0. The van der Waals surface area contributed by atoms with Crippen molar-refractivity contribution >= 4 is 25.2 Å². The van der Waals surface area contributed by atoms with E-state index in [-0.39, 0.29) is 11.9 Å². The van der Waals surface area contributed by atoms with Gasteiger partial charge in [-0.2, -0.15) is 0 Å². The average molecular weight is 554 g/mol. The second kappa shape index (κ2) is 23.7. The van der Waals surface area contributed by atoms with Gasteiger partial charge in [-0.05, 0) is 25.7 Å². The number of ether oxygens (including phenoxy) is 2. The van der Waals surface area contributed by atoms with Crippen molar-refractivity contribution in [2.45, 2.75) is 153 Å². The molecule has 0 heterocycles. The van der Waals surface area contributed by atoms with E-state index in [1.807, 2.05) is 0 Å². The summed E-state index contributed by atoms with van der Waals surface area (Å²) in [7, 11) is -2.51. The van der Waals surface area contributed by atoms with E-state index in [0.717, 1.165) is 32.1 Å². The number of unbranched alkanes of at least 4 members (excludes halogenated alkanes) is 13. The van der Waals surface area contributed by atoms with Crippen LogP contribution in [0.3, 0.4) is 0 Å². The van der Waals surface area contributed by atoms with Gasteiger partial charge in [0.1, 0.15) is 0 Å². The Morgan fingerprint density at radius 2 is 1.33 bits per heavy atom. The molecule has 5 atom stereocenters. The fourth-order valence-electron chi connectivity index (χ4n) is 4.16. The summed E-state index contributed by atoms with van der Waals surface area (Å²) in [5.74, 6) is -0.999. The Balaban J connectivity index is 4.56. The van der Waals surface area contributed by atoms with E-state index in [2.05, 4.69) is 13.8 Å². The number of hydrogen-bond donors (Lipinski definition) is 2. The van der Waals surface area contributed by atoms with Crippen LogP contribution in [0.5, 0.6) is 0 Å². The average Bonchev–Trinajstić information content (AvgIpc) is 2.87. The lowest BCUT2D eigenvalue weighted by molar-refractivity contribution is -0.252. The summed E-state index contributed by atoms with van der Waals surface area (Å²) in [6, 6.07) is 0. The monoisotopic (exact) mass is 553 g/mol. The highest BCUT2D eigenvalue weighted by Gasteiger charge is 2.50. The van der Waals surface area contributed by atoms with Crippen molar-refractivity contribution in [1.29, 1.82) is 0 Å². The summed E-state index contributed by atoms with van der Waals surface area (Å²) < 4.78 is 35.0. The van der Waals surface area contributed by atoms with Gasteiger partial charge in [-0.1, -0.05) is 115 Å². The first-order valence-corrected chi connectivity index (χ1v) is 16.6. The zero-order chi connectivity index (χ0) is 27.1. The zero-order valence-corrected chi connectivity index (χ0v) is 25.0. The molecular formula is C27H54O7PS+. The molecule has 0 aromatic carbocycles. The Labute approximate surface area is 224 Å². The number of rotatable bonds is 27. The summed E-state index contributed by atoms with van der Waals surface area (Å²) in [5, 5.41) is 19.0. The molecule has 0 aliphatic heterocycles. The number of aliphatic carboxylic acids is 1. The number of carboxylic acid groups (broad SMARTS) is 1. The van der Waals surface area contributed by atoms with Gasteiger partial charge < -0.3 is 14.9 Å². The van der Waals surface area contributed by atoms with Gasteiger partial charge in [0.05, 0.1) is 6.61 Å². The first-order chi connectivity index (χ1) is 17.3. The molecule has 0 aliphatic rings. The molecule has 0 amide bonds. The van der Waals surface area contributed by atoms with Gasteiger partial charge in [0.25, 0.3) is 0 Å². The van der Waals surface area contributed by atoms with Gasteiger partial charge in [0.15, 0.2) is 6.29 Å². The maximum atomic E-state index is 13.1. The minimum absolute atomic E-state index is 0.0301. The van der Waals surface area contributed by atoms with E-state index in [0.29, 0.717) is 18.6 Å². The highest BCUT2D eigenvalue weighted by atomic mass is 32.2. The lowest BCUT2D eigenvalue weighted by Crippen LogP contribution is -2.40. The molecule has 0 saturated carbocycles. The van der Waals surface area contributed by atoms with E-state index in [1.165, 1.54) is 70.6 Å². The molecule has 0 rings (SSSR count). The van der Waals surface area contributed by atoms with Gasteiger partial charge in [-0.15, -0.1) is 0 Å². The third-order valence-electron chi connectivity index (χ3n) is 6.51. The Kier molecular flexibility index (Phi) is 23.4. The topological polar surface area (TPSA) is 110 Å². The minimum atomic E-state index is -2.77. The standard InChI is InChI=1S/C27H53O7PS/c1-4-7-9-11-13-14-15-17-19-23-36(32)24(20-18-16-12-10-8-5-2)21-22-33-25(6-3)34-27(30,35-31)26(28)29/h24-25,30H,4-23H2,1-3H3,(H,28,29)/p+1. The molecule has 0 fully saturated rings. The number of hydrogen-bond acceptors (Lipinski definition) is 6. The van der Waals surface area contributed by atoms with Crippen molar-refractivity contribution in [1.82, 2.24) is 0 Å². The lowest BCUT2D eigenvalue weighted by atomic mass is 10.1. The molecule has 0 aromatic rings. The van der Waals surface area contributed by atoms with Crippen molar-refractivity contribution in [3.8, 4) is 0 Å². The van der Waals surface area contributed by atoms with Crippen LogP contribution in [-0.2, 0) is 29.6 Å². The van der Waals surface area contributed by atoms with E-state index in [4.69, 9.17) is 14.6 Å². The zero-order valence-electron chi connectivity index (χ0n) is 23.1. The highest BCUT2D eigenvalue weighted by molar-refractivity contribution is 7.85. The second-order valence-electron chi connectivity index (χ2n) is 9.76. The minimum Gasteiger partial charge on any atom is -0.474 e. The fourth-order valence-corrected chi connectivity index (χ4v) is 6.03. The number of carbonyl (C=O) groups is 1. The molecule has 9 heteroatoms. The summed E-state index contributed by atoms with van der Waals surface area (Å²) in [6.07, 6.45) is 19.0. The van der Waals surface area contributed by atoms with E-state index in [1.54, 1.807) is 6.92 Å². The van der Waals surface area contributed by atoms with Crippen molar-refractivity contribution < 1.29 is 33.3 Å².